The highest BCUT2D eigenvalue weighted by molar-refractivity contribution is 6.89. The van der Waals surface area contributed by atoms with E-state index in [1.165, 1.54) is 96.0 Å². The monoisotopic (exact) mass is 604 g/mol. The highest BCUT2D eigenvalue weighted by atomic mass is 28.3. The van der Waals surface area contributed by atoms with Gasteiger partial charge in [0, 0.05) is 12.0 Å². The zero-order valence-electron chi connectivity index (χ0n) is 27.3. The molecule has 4 aromatic rings. The van der Waals surface area contributed by atoms with Crippen molar-refractivity contribution in [1.29, 1.82) is 0 Å². The van der Waals surface area contributed by atoms with Crippen LogP contribution in [-0.2, 0) is 4.74 Å². The summed E-state index contributed by atoms with van der Waals surface area (Å²) in [7, 11) is -1.64. The molecule has 0 saturated carbocycles. The summed E-state index contributed by atoms with van der Waals surface area (Å²) >= 11 is 0. The van der Waals surface area contributed by atoms with Crippen molar-refractivity contribution in [1.82, 2.24) is 0 Å². The summed E-state index contributed by atoms with van der Waals surface area (Å²) in [5, 5.41) is 1.51. The first-order chi connectivity index (χ1) is 21.5. The van der Waals surface area contributed by atoms with Crippen molar-refractivity contribution in [2.45, 2.75) is 103 Å². The average molecular weight is 605 g/mol. The summed E-state index contributed by atoms with van der Waals surface area (Å²) in [5.74, 6) is 0.932. The third-order valence-electron chi connectivity index (χ3n) is 9.27. The lowest BCUT2D eigenvalue weighted by molar-refractivity contribution is -0.105. The van der Waals surface area contributed by atoms with Gasteiger partial charge in [-0.05, 0) is 64.9 Å². The van der Waals surface area contributed by atoms with E-state index in [0.717, 1.165) is 31.6 Å². The molecule has 0 aliphatic carbocycles. The number of rotatable bonds is 15. The molecule has 4 aromatic carbocycles. The maximum absolute atomic E-state index is 6.65. The van der Waals surface area contributed by atoms with Gasteiger partial charge in [-0.15, -0.1) is 0 Å². The Balaban J connectivity index is 1.47. The number of unbranched alkanes of at least 4 members (excludes halogenated alkanes) is 7. The molecule has 5 rings (SSSR count). The van der Waals surface area contributed by atoms with Crippen LogP contribution >= 0.6 is 0 Å². The standard InChI is InChI=1S/C41H52O2Si/c1-4-5-6-7-8-9-10-19-28-44(2,3)38-25-26-40(43-41-24-17-18-27-42-41)39(32-38)37-30-35(33-20-13-11-14-21-33)29-36(31-37)34-22-15-12-16-23-34/h11-16,20-23,25-26,29-32,41H,4-10,17-19,24,27-28H2,1-3H3. The van der Waals surface area contributed by atoms with E-state index in [2.05, 4.69) is 117 Å². The normalized spacial score (nSPS) is 15.3. The van der Waals surface area contributed by atoms with Gasteiger partial charge in [0.15, 0.2) is 6.29 Å². The van der Waals surface area contributed by atoms with Crippen LogP contribution in [0.4, 0.5) is 0 Å². The summed E-state index contributed by atoms with van der Waals surface area (Å²) in [4.78, 5) is 0. The Bertz CT molecular complexity index is 1370. The molecule has 0 aromatic heterocycles. The van der Waals surface area contributed by atoms with E-state index in [-0.39, 0.29) is 6.29 Å². The van der Waals surface area contributed by atoms with Gasteiger partial charge in [0.1, 0.15) is 5.75 Å². The first-order valence-electron chi connectivity index (χ1n) is 17.2. The lowest BCUT2D eigenvalue weighted by Crippen LogP contribution is -2.41. The topological polar surface area (TPSA) is 18.5 Å². The van der Waals surface area contributed by atoms with E-state index in [9.17, 15) is 0 Å². The highest BCUT2D eigenvalue weighted by Crippen LogP contribution is 2.38. The van der Waals surface area contributed by atoms with Gasteiger partial charge >= 0.3 is 0 Å². The van der Waals surface area contributed by atoms with E-state index in [1.807, 2.05) is 0 Å². The van der Waals surface area contributed by atoms with E-state index in [4.69, 9.17) is 9.47 Å². The fourth-order valence-electron chi connectivity index (χ4n) is 6.45. The molecule has 3 heteroatoms. The van der Waals surface area contributed by atoms with E-state index in [0.29, 0.717) is 0 Å². The predicted molar refractivity (Wildman–Crippen MR) is 192 cm³/mol. The molecule has 1 saturated heterocycles. The molecule has 1 aliphatic rings. The Labute approximate surface area is 267 Å². The number of ether oxygens (including phenoxy) is 2. The second-order valence-electron chi connectivity index (χ2n) is 13.3. The van der Waals surface area contributed by atoms with Crippen LogP contribution < -0.4 is 9.92 Å². The third kappa shape index (κ3) is 8.96. The minimum atomic E-state index is -1.64. The summed E-state index contributed by atoms with van der Waals surface area (Å²) in [5.41, 5.74) is 7.29. The lowest BCUT2D eigenvalue weighted by Gasteiger charge is -2.27. The van der Waals surface area contributed by atoms with Gasteiger partial charge < -0.3 is 9.47 Å². The molecular formula is C41H52O2Si. The quantitative estimate of drug-likeness (QED) is 0.0992. The van der Waals surface area contributed by atoms with Gasteiger partial charge in [0.25, 0.3) is 0 Å². The number of benzene rings is 4. The molecule has 1 atom stereocenters. The largest absolute Gasteiger partial charge is 0.464 e. The second-order valence-corrected chi connectivity index (χ2v) is 18.1. The van der Waals surface area contributed by atoms with Gasteiger partial charge in [0.05, 0.1) is 14.7 Å². The first kappa shape index (κ1) is 32.3. The fourth-order valence-corrected chi connectivity index (χ4v) is 8.94. The third-order valence-corrected chi connectivity index (χ3v) is 12.7. The van der Waals surface area contributed by atoms with Crippen LogP contribution in [0, 0.1) is 0 Å². The molecule has 0 spiro atoms. The summed E-state index contributed by atoms with van der Waals surface area (Å²) < 4.78 is 12.7. The van der Waals surface area contributed by atoms with Crippen LogP contribution in [0.25, 0.3) is 33.4 Å². The summed E-state index contributed by atoms with van der Waals surface area (Å²) in [6.07, 6.45) is 14.0. The summed E-state index contributed by atoms with van der Waals surface area (Å²) in [6, 6.07) is 36.9. The van der Waals surface area contributed by atoms with Crippen molar-refractivity contribution in [3.05, 3.63) is 97.1 Å². The second kappa shape index (κ2) is 16.2. The molecule has 0 amide bonds. The highest BCUT2D eigenvalue weighted by Gasteiger charge is 2.26. The zero-order chi connectivity index (χ0) is 30.6. The van der Waals surface area contributed by atoms with Crippen molar-refractivity contribution in [2.24, 2.45) is 0 Å². The Kier molecular flexibility index (Phi) is 11.9. The zero-order valence-corrected chi connectivity index (χ0v) is 28.3. The Morgan fingerprint density at radius 3 is 1.82 bits per heavy atom. The van der Waals surface area contributed by atoms with Gasteiger partial charge in [-0.3, -0.25) is 0 Å². The van der Waals surface area contributed by atoms with Crippen LogP contribution in [0.3, 0.4) is 0 Å². The van der Waals surface area contributed by atoms with Crippen LogP contribution in [0.5, 0.6) is 5.75 Å². The van der Waals surface area contributed by atoms with Gasteiger partial charge in [-0.25, -0.2) is 0 Å². The Morgan fingerprint density at radius 2 is 1.23 bits per heavy atom. The lowest BCUT2D eigenvalue weighted by atomic mass is 9.93. The fraction of sp³-hybridized carbons (Fsp3) is 0.415. The van der Waals surface area contributed by atoms with Gasteiger partial charge in [0.2, 0.25) is 0 Å². The smallest absolute Gasteiger partial charge is 0.199 e. The predicted octanol–water partition coefficient (Wildman–Crippen LogP) is 11.6. The minimum absolute atomic E-state index is 0.179. The minimum Gasteiger partial charge on any atom is -0.464 e. The molecule has 1 aliphatic heterocycles. The Hall–Kier alpha value is -3.14. The van der Waals surface area contributed by atoms with E-state index < -0.39 is 8.07 Å². The van der Waals surface area contributed by atoms with Crippen LogP contribution in [0.1, 0.15) is 77.6 Å². The number of hydrogen-bond acceptors (Lipinski definition) is 2. The SMILES string of the molecule is CCCCCCCCCC[Si](C)(C)c1ccc(OC2CCCCO2)c(-c2cc(-c3ccccc3)cc(-c3ccccc3)c2)c1. The van der Waals surface area contributed by atoms with Crippen molar-refractivity contribution in [3.63, 3.8) is 0 Å². The molecule has 0 N–H and O–H groups in total. The molecule has 1 heterocycles. The van der Waals surface area contributed by atoms with E-state index >= 15 is 0 Å². The molecule has 232 valence electrons. The van der Waals surface area contributed by atoms with Crippen LogP contribution in [-0.4, -0.2) is 21.0 Å². The van der Waals surface area contributed by atoms with Crippen molar-refractivity contribution in [2.75, 3.05) is 6.61 Å². The van der Waals surface area contributed by atoms with Crippen LogP contribution in [0.15, 0.2) is 97.1 Å². The molecule has 44 heavy (non-hydrogen) atoms. The number of hydrogen-bond donors (Lipinski definition) is 0. The van der Waals surface area contributed by atoms with Gasteiger partial charge in [-0.1, -0.05) is 155 Å². The summed E-state index contributed by atoms with van der Waals surface area (Å²) in [6.45, 7) is 8.17. The average Bonchev–Trinajstić information content (AvgIpc) is 3.07. The maximum Gasteiger partial charge on any atom is 0.199 e. The molecule has 1 unspecified atom stereocenters. The molecular weight excluding hydrogens is 553 g/mol. The van der Waals surface area contributed by atoms with Crippen molar-refractivity contribution >= 4 is 13.3 Å². The van der Waals surface area contributed by atoms with Crippen LogP contribution in [0.2, 0.25) is 19.1 Å². The maximum atomic E-state index is 6.65. The molecule has 1 fully saturated rings. The Morgan fingerprint density at radius 1 is 0.636 bits per heavy atom. The first-order valence-corrected chi connectivity index (χ1v) is 20.4. The van der Waals surface area contributed by atoms with Gasteiger partial charge in [-0.2, -0.15) is 0 Å². The van der Waals surface area contributed by atoms with Crippen molar-refractivity contribution in [3.8, 4) is 39.1 Å². The van der Waals surface area contributed by atoms with Crippen molar-refractivity contribution < 1.29 is 9.47 Å². The molecule has 0 bridgehead atoms. The molecule has 0 radical (unpaired) electrons. The van der Waals surface area contributed by atoms with E-state index in [1.54, 1.807) is 0 Å². The molecule has 2 nitrogen and oxygen atoms in total.